The Bertz CT molecular complexity index is 413. The van der Waals surface area contributed by atoms with Crippen LogP contribution in [-0.4, -0.2) is 18.0 Å². The van der Waals surface area contributed by atoms with Crippen molar-refractivity contribution >= 4 is 5.91 Å². The molecule has 1 aliphatic rings. The highest BCUT2D eigenvalue weighted by molar-refractivity contribution is 5.82. The molecule has 0 bridgehead atoms. The number of nitrogens with one attached hydrogen (secondary N) is 2. The fourth-order valence-electron chi connectivity index (χ4n) is 3.00. The van der Waals surface area contributed by atoms with Gasteiger partial charge in [0.05, 0.1) is 6.04 Å². The SMILES string of the molecule is CC.CCCC(NCc1ccccc1)C(=O)NC1CCCCC1. The molecule has 1 fully saturated rings. The summed E-state index contributed by atoms with van der Waals surface area (Å²) in [6, 6.07) is 10.6. The van der Waals surface area contributed by atoms with Gasteiger partial charge in [0.1, 0.15) is 0 Å². The molecule has 0 aromatic heterocycles. The number of rotatable bonds is 7. The van der Waals surface area contributed by atoms with Crippen molar-refractivity contribution in [3.05, 3.63) is 35.9 Å². The lowest BCUT2D eigenvalue weighted by molar-refractivity contribution is -0.124. The Morgan fingerprint density at radius 2 is 1.78 bits per heavy atom. The molecule has 0 heterocycles. The maximum atomic E-state index is 12.4. The van der Waals surface area contributed by atoms with Gasteiger partial charge in [-0.25, -0.2) is 0 Å². The second kappa shape index (κ2) is 12.1. The van der Waals surface area contributed by atoms with Crippen molar-refractivity contribution in [1.82, 2.24) is 10.6 Å². The van der Waals surface area contributed by atoms with Gasteiger partial charge in [-0.05, 0) is 24.8 Å². The van der Waals surface area contributed by atoms with Crippen molar-refractivity contribution in [2.24, 2.45) is 0 Å². The third kappa shape index (κ3) is 7.65. The van der Waals surface area contributed by atoms with Gasteiger partial charge in [-0.1, -0.05) is 76.8 Å². The van der Waals surface area contributed by atoms with Crippen LogP contribution in [-0.2, 0) is 11.3 Å². The van der Waals surface area contributed by atoms with E-state index in [1.165, 1.54) is 24.8 Å². The third-order valence-corrected chi connectivity index (χ3v) is 4.24. The number of hydrogen-bond acceptors (Lipinski definition) is 2. The summed E-state index contributed by atoms with van der Waals surface area (Å²) in [4.78, 5) is 12.4. The second-order valence-corrected chi connectivity index (χ2v) is 6.05. The minimum atomic E-state index is -0.0721. The molecule has 0 saturated heterocycles. The fraction of sp³-hybridized carbons (Fsp3) is 0.650. The quantitative estimate of drug-likeness (QED) is 0.781. The molecule has 0 radical (unpaired) electrons. The summed E-state index contributed by atoms with van der Waals surface area (Å²) < 4.78 is 0. The first-order valence-corrected chi connectivity index (χ1v) is 9.37. The largest absolute Gasteiger partial charge is 0.352 e. The molecule has 1 amide bonds. The van der Waals surface area contributed by atoms with Crippen LogP contribution in [0.5, 0.6) is 0 Å². The van der Waals surface area contributed by atoms with Crippen LogP contribution in [0.1, 0.15) is 71.3 Å². The van der Waals surface area contributed by atoms with E-state index in [4.69, 9.17) is 0 Å². The molecule has 2 rings (SSSR count). The number of hydrogen-bond donors (Lipinski definition) is 2. The Kier molecular flexibility index (Phi) is 10.4. The van der Waals surface area contributed by atoms with E-state index in [0.29, 0.717) is 6.04 Å². The van der Waals surface area contributed by atoms with Gasteiger partial charge in [0.15, 0.2) is 0 Å². The molecule has 130 valence electrons. The first-order chi connectivity index (χ1) is 11.3. The number of carbonyl (C=O) groups is 1. The molecule has 1 atom stereocenters. The van der Waals surface area contributed by atoms with Crippen LogP contribution in [0.3, 0.4) is 0 Å². The summed E-state index contributed by atoms with van der Waals surface area (Å²) in [5.41, 5.74) is 1.23. The Balaban J connectivity index is 0.00000127. The molecule has 0 spiro atoms. The lowest BCUT2D eigenvalue weighted by Gasteiger charge is -2.26. The van der Waals surface area contributed by atoms with Crippen molar-refractivity contribution in [2.45, 2.75) is 84.3 Å². The zero-order chi connectivity index (χ0) is 16.9. The first kappa shape index (κ1) is 19.7. The Morgan fingerprint density at radius 3 is 2.39 bits per heavy atom. The number of carbonyl (C=O) groups excluding carboxylic acids is 1. The van der Waals surface area contributed by atoms with E-state index in [0.717, 1.165) is 32.2 Å². The molecule has 0 aliphatic heterocycles. The van der Waals surface area contributed by atoms with Crippen molar-refractivity contribution in [2.75, 3.05) is 0 Å². The van der Waals surface area contributed by atoms with Crippen LogP contribution >= 0.6 is 0 Å². The predicted molar refractivity (Wildman–Crippen MR) is 98.3 cm³/mol. The highest BCUT2D eigenvalue weighted by atomic mass is 16.2. The minimum Gasteiger partial charge on any atom is -0.352 e. The van der Waals surface area contributed by atoms with Crippen LogP contribution in [0.15, 0.2) is 30.3 Å². The van der Waals surface area contributed by atoms with Gasteiger partial charge in [-0.3, -0.25) is 4.79 Å². The van der Waals surface area contributed by atoms with Gasteiger partial charge >= 0.3 is 0 Å². The Morgan fingerprint density at radius 1 is 1.13 bits per heavy atom. The molecule has 3 nitrogen and oxygen atoms in total. The highest BCUT2D eigenvalue weighted by Crippen LogP contribution is 2.17. The summed E-state index contributed by atoms with van der Waals surface area (Å²) >= 11 is 0. The summed E-state index contributed by atoms with van der Waals surface area (Å²) in [5, 5.41) is 6.65. The molecule has 1 unspecified atom stereocenters. The van der Waals surface area contributed by atoms with E-state index >= 15 is 0 Å². The molecule has 1 aliphatic carbocycles. The zero-order valence-electron chi connectivity index (χ0n) is 15.1. The Hall–Kier alpha value is -1.35. The topological polar surface area (TPSA) is 41.1 Å². The van der Waals surface area contributed by atoms with Gasteiger partial charge < -0.3 is 10.6 Å². The van der Waals surface area contributed by atoms with Crippen molar-refractivity contribution in [3.8, 4) is 0 Å². The molecule has 1 saturated carbocycles. The molecular weight excluding hydrogens is 284 g/mol. The van der Waals surface area contributed by atoms with Gasteiger partial charge in [-0.15, -0.1) is 0 Å². The molecule has 2 N–H and O–H groups in total. The van der Waals surface area contributed by atoms with Gasteiger partial charge in [0, 0.05) is 12.6 Å². The van der Waals surface area contributed by atoms with Crippen LogP contribution < -0.4 is 10.6 Å². The van der Waals surface area contributed by atoms with E-state index in [1.807, 2.05) is 32.0 Å². The van der Waals surface area contributed by atoms with Crippen LogP contribution in [0.2, 0.25) is 0 Å². The summed E-state index contributed by atoms with van der Waals surface area (Å²) in [6.07, 6.45) is 8.02. The Labute approximate surface area is 142 Å². The normalized spacial score (nSPS) is 16.1. The molecular formula is C20H34N2O. The van der Waals surface area contributed by atoms with E-state index in [9.17, 15) is 4.79 Å². The van der Waals surface area contributed by atoms with E-state index in [-0.39, 0.29) is 11.9 Å². The lowest BCUT2D eigenvalue weighted by atomic mass is 9.95. The molecule has 1 aromatic rings. The highest BCUT2D eigenvalue weighted by Gasteiger charge is 2.21. The second-order valence-electron chi connectivity index (χ2n) is 6.05. The maximum Gasteiger partial charge on any atom is 0.237 e. The monoisotopic (exact) mass is 318 g/mol. The van der Waals surface area contributed by atoms with E-state index in [1.54, 1.807) is 0 Å². The predicted octanol–water partition coefficient (Wildman–Crippen LogP) is 4.42. The fourth-order valence-corrected chi connectivity index (χ4v) is 3.00. The maximum absolute atomic E-state index is 12.4. The minimum absolute atomic E-state index is 0.0721. The van der Waals surface area contributed by atoms with Crippen LogP contribution in [0, 0.1) is 0 Å². The standard InChI is InChI=1S/C18H28N2O.C2H6/c1-2-9-17(19-14-15-10-5-3-6-11-15)18(21)20-16-12-7-4-8-13-16;1-2/h3,5-6,10-11,16-17,19H,2,4,7-9,12-14H2,1H3,(H,20,21);1-2H3. The van der Waals surface area contributed by atoms with Crippen molar-refractivity contribution < 1.29 is 4.79 Å². The zero-order valence-corrected chi connectivity index (χ0v) is 15.1. The van der Waals surface area contributed by atoms with Crippen LogP contribution in [0.25, 0.3) is 0 Å². The lowest BCUT2D eigenvalue weighted by Crippen LogP contribution is -2.48. The number of amides is 1. The average Bonchev–Trinajstić information content (AvgIpc) is 2.62. The van der Waals surface area contributed by atoms with Gasteiger partial charge in [-0.2, -0.15) is 0 Å². The number of benzene rings is 1. The first-order valence-electron chi connectivity index (χ1n) is 9.37. The van der Waals surface area contributed by atoms with E-state index in [2.05, 4.69) is 29.7 Å². The third-order valence-electron chi connectivity index (χ3n) is 4.24. The van der Waals surface area contributed by atoms with Crippen molar-refractivity contribution in [3.63, 3.8) is 0 Å². The van der Waals surface area contributed by atoms with Gasteiger partial charge in [0.2, 0.25) is 5.91 Å². The molecule has 3 heteroatoms. The van der Waals surface area contributed by atoms with Crippen molar-refractivity contribution in [1.29, 1.82) is 0 Å². The smallest absolute Gasteiger partial charge is 0.237 e. The van der Waals surface area contributed by atoms with Gasteiger partial charge in [0.25, 0.3) is 0 Å². The van der Waals surface area contributed by atoms with E-state index < -0.39 is 0 Å². The summed E-state index contributed by atoms with van der Waals surface area (Å²) in [5.74, 6) is 0.180. The summed E-state index contributed by atoms with van der Waals surface area (Å²) in [7, 11) is 0. The molecule has 23 heavy (non-hydrogen) atoms. The average molecular weight is 319 g/mol. The van der Waals surface area contributed by atoms with Crippen LogP contribution in [0.4, 0.5) is 0 Å². The molecule has 1 aromatic carbocycles. The summed E-state index contributed by atoms with van der Waals surface area (Å²) in [6.45, 7) is 6.88.